The number of hydrogen-bond donors (Lipinski definition) is 0. The molecule has 0 radical (unpaired) electrons. The molecule has 20 heavy (non-hydrogen) atoms. The molecule has 0 amide bonds. The van der Waals surface area contributed by atoms with Crippen LogP contribution in [0.3, 0.4) is 0 Å². The van der Waals surface area contributed by atoms with E-state index < -0.39 is 0 Å². The maximum absolute atomic E-state index is 2.75. The van der Waals surface area contributed by atoms with Crippen molar-refractivity contribution >= 4 is 11.9 Å². The average Bonchev–Trinajstić information content (AvgIpc) is 2.42. The van der Waals surface area contributed by atoms with Crippen LogP contribution in [-0.4, -0.2) is 71.7 Å². The second-order valence-electron chi connectivity index (χ2n) is 6.84. The first-order chi connectivity index (χ1) is 9.57. The lowest BCUT2D eigenvalue weighted by Crippen LogP contribution is -2.65. The van der Waals surface area contributed by atoms with Gasteiger partial charge in [-0.2, -0.15) is 0 Å². The van der Waals surface area contributed by atoms with Gasteiger partial charge in [0.15, 0.2) is 0 Å². The summed E-state index contributed by atoms with van der Waals surface area (Å²) in [7, 11) is 2.19. The normalized spacial score (nSPS) is 23.7. The zero-order chi connectivity index (χ0) is 14.6. The minimum Gasteiger partial charge on any atom is -0.303 e. The van der Waals surface area contributed by atoms with Gasteiger partial charge < -0.3 is 4.90 Å². The highest BCUT2D eigenvalue weighted by molar-refractivity contribution is 7.96. The van der Waals surface area contributed by atoms with Gasteiger partial charge in [0.1, 0.15) is 0 Å². The third-order valence-corrected chi connectivity index (χ3v) is 6.15. The summed E-state index contributed by atoms with van der Waals surface area (Å²) in [6, 6.07) is 0.734. The molecule has 2 aliphatic rings. The third-order valence-electron chi connectivity index (χ3n) is 5.35. The molecule has 0 bridgehead atoms. The predicted octanol–water partition coefficient (Wildman–Crippen LogP) is 2.93. The van der Waals surface area contributed by atoms with Crippen molar-refractivity contribution in [2.45, 2.75) is 57.5 Å². The summed E-state index contributed by atoms with van der Waals surface area (Å²) in [5.74, 6) is 0. The van der Waals surface area contributed by atoms with Crippen molar-refractivity contribution in [2.75, 3.05) is 46.0 Å². The van der Waals surface area contributed by atoms with Crippen molar-refractivity contribution in [3.05, 3.63) is 0 Å². The van der Waals surface area contributed by atoms with E-state index in [1.165, 1.54) is 64.8 Å². The summed E-state index contributed by atoms with van der Waals surface area (Å²) in [4.78, 5) is 5.44. The Hall–Kier alpha value is 0.230. The Morgan fingerprint density at radius 1 is 1.10 bits per heavy atom. The molecule has 0 N–H and O–H groups in total. The van der Waals surface area contributed by atoms with E-state index in [2.05, 4.69) is 41.3 Å². The summed E-state index contributed by atoms with van der Waals surface area (Å²) in [5.41, 5.74) is 0.587. The molecule has 2 saturated heterocycles. The van der Waals surface area contributed by atoms with E-state index in [-0.39, 0.29) is 0 Å². The van der Waals surface area contributed by atoms with Crippen LogP contribution in [0.2, 0.25) is 0 Å². The minimum absolute atomic E-state index is 0.587. The van der Waals surface area contributed by atoms with E-state index in [1.807, 2.05) is 11.9 Å². The monoisotopic (exact) mass is 299 g/mol. The molecule has 0 aliphatic carbocycles. The fourth-order valence-electron chi connectivity index (χ4n) is 3.85. The van der Waals surface area contributed by atoms with Gasteiger partial charge in [0.05, 0.1) is 0 Å². The van der Waals surface area contributed by atoms with Crippen molar-refractivity contribution < 1.29 is 0 Å². The Labute approximate surface area is 130 Å². The maximum Gasteiger partial charge on any atom is 0.0248 e. The van der Waals surface area contributed by atoms with E-state index >= 15 is 0 Å². The van der Waals surface area contributed by atoms with E-state index in [4.69, 9.17) is 0 Å². The van der Waals surface area contributed by atoms with Crippen LogP contribution < -0.4 is 0 Å². The Bertz CT molecular complexity index is 287. The van der Waals surface area contributed by atoms with Crippen LogP contribution in [-0.2, 0) is 0 Å². The van der Waals surface area contributed by atoms with Gasteiger partial charge >= 0.3 is 0 Å². The van der Waals surface area contributed by atoms with E-state index in [0.717, 1.165) is 6.04 Å². The molecule has 0 unspecified atom stereocenters. The Morgan fingerprint density at radius 2 is 1.75 bits per heavy atom. The maximum atomic E-state index is 2.75. The fraction of sp³-hybridized carbons (Fsp3) is 1.00. The third kappa shape index (κ3) is 3.90. The number of likely N-dealkylation sites (tertiary alicyclic amines) is 2. The lowest BCUT2D eigenvalue weighted by molar-refractivity contribution is -0.0781. The standard InChI is InChI=1S/C16H33N3S/c1-15(2)19-14-9-16(19)7-12-18(13-8-16)11-6-5-10-17(3)20-4/h15H,5-14H2,1-4H3. The van der Waals surface area contributed by atoms with E-state index in [9.17, 15) is 0 Å². The van der Waals surface area contributed by atoms with Crippen LogP contribution >= 0.6 is 11.9 Å². The molecule has 0 aromatic rings. The second-order valence-corrected chi connectivity index (χ2v) is 7.83. The molecule has 0 aromatic carbocycles. The van der Waals surface area contributed by atoms with Crippen LogP contribution in [0.15, 0.2) is 0 Å². The SMILES string of the molecule is CSN(C)CCCCN1CCC2(CC1)CCN2C(C)C. The molecule has 2 fully saturated rings. The van der Waals surface area contributed by atoms with Crippen molar-refractivity contribution in [2.24, 2.45) is 0 Å². The lowest BCUT2D eigenvalue weighted by Gasteiger charge is -2.58. The topological polar surface area (TPSA) is 9.72 Å². The summed E-state index contributed by atoms with van der Waals surface area (Å²) in [5, 5.41) is 0. The summed E-state index contributed by atoms with van der Waals surface area (Å²) in [6.45, 7) is 11.2. The Morgan fingerprint density at radius 3 is 2.25 bits per heavy atom. The molecular weight excluding hydrogens is 266 g/mol. The van der Waals surface area contributed by atoms with Crippen LogP contribution in [0.25, 0.3) is 0 Å². The molecule has 1 spiro atoms. The van der Waals surface area contributed by atoms with Crippen molar-refractivity contribution in [3.63, 3.8) is 0 Å². The number of nitrogens with zero attached hydrogens (tertiary/aromatic N) is 3. The second kappa shape index (κ2) is 7.48. The molecule has 2 aliphatic heterocycles. The largest absolute Gasteiger partial charge is 0.303 e. The van der Waals surface area contributed by atoms with Gasteiger partial charge in [-0.15, -0.1) is 0 Å². The van der Waals surface area contributed by atoms with Gasteiger partial charge in [-0.1, -0.05) is 11.9 Å². The van der Waals surface area contributed by atoms with Gasteiger partial charge in [0.25, 0.3) is 0 Å². The first-order valence-electron chi connectivity index (χ1n) is 8.32. The van der Waals surface area contributed by atoms with Crippen LogP contribution in [0, 0.1) is 0 Å². The molecule has 2 heterocycles. The van der Waals surface area contributed by atoms with Gasteiger partial charge in [-0.25, -0.2) is 0 Å². The van der Waals surface area contributed by atoms with Crippen molar-refractivity contribution in [1.29, 1.82) is 0 Å². The highest BCUT2D eigenvalue weighted by atomic mass is 32.2. The molecule has 3 nitrogen and oxygen atoms in total. The molecule has 2 rings (SSSR count). The Kier molecular flexibility index (Phi) is 6.21. The van der Waals surface area contributed by atoms with Gasteiger partial charge in [-0.3, -0.25) is 9.21 Å². The molecule has 0 atom stereocenters. The first kappa shape index (κ1) is 16.6. The molecular formula is C16H33N3S. The Balaban J connectivity index is 1.62. The zero-order valence-corrected chi connectivity index (χ0v) is 14.7. The first-order valence-corrected chi connectivity index (χ1v) is 9.50. The molecule has 0 aromatic heterocycles. The predicted molar refractivity (Wildman–Crippen MR) is 90.2 cm³/mol. The fourth-order valence-corrected chi connectivity index (χ4v) is 4.17. The van der Waals surface area contributed by atoms with Crippen molar-refractivity contribution in [1.82, 2.24) is 14.1 Å². The van der Waals surface area contributed by atoms with Crippen LogP contribution in [0.1, 0.15) is 46.0 Å². The van der Waals surface area contributed by atoms with Gasteiger partial charge in [-0.05, 0) is 78.9 Å². The summed E-state index contributed by atoms with van der Waals surface area (Å²) in [6.07, 6.45) is 9.08. The lowest BCUT2D eigenvalue weighted by atomic mass is 9.75. The number of hydrogen-bond acceptors (Lipinski definition) is 4. The van der Waals surface area contributed by atoms with E-state index in [1.54, 1.807) is 0 Å². The minimum atomic E-state index is 0.587. The molecule has 118 valence electrons. The smallest absolute Gasteiger partial charge is 0.0248 e. The number of unbranched alkanes of at least 4 members (excludes halogenated alkanes) is 1. The quantitative estimate of drug-likeness (QED) is 0.528. The number of rotatable bonds is 7. The van der Waals surface area contributed by atoms with E-state index in [0.29, 0.717) is 5.54 Å². The zero-order valence-electron chi connectivity index (χ0n) is 13.9. The van der Waals surface area contributed by atoms with Crippen LogP contribution in [0.4, 0.5) is 0 Å². The highest BCUT2D eigenvalue weighted by Crippen LogP contribution is 2.41. The summed E-state index contributed by atoms with van der Waals surface area (Å²) >= 11 is 1.84. The van der Waals surface area contributed by atoms with Crippen molar-refractivity contribution in [3.8, 4) is 0 Å². The number of piperidine rings is 1. The van der Waals surface area contributed by atoms with Gasteiger partial charge in [0, 0.05) is 24.7 Å². The van der Waals surface area contributed by atoms with Gasteiger partial charge in [0.2, 0.25) is 0 Å². The van der Waals surface area contributed by atoms with Crippen LogP contribution in [0.5, 0.6) is 0 Å². The average molecular weight is 300 g/mol. The summed E-state index contributed by atoms with van der Waals surface area (Å²) < 4.78 is 2.33. The molecule has 4 heteroatoms. The highest BCUT2D eigenvalue weighted by Gasteiger charge is 2.46. The molecule has 0 saturated carbocycles.